The summed E-state index contributed by atoms with van der Waals surface area (Å²) in [6.07, 6.45) is 6.51. The van der Waals surface area contributed by atoms with Gasteiger partial charge in [-0.05, 0) is 39.0 Å². The first-order valence-electron chi connectivity index (χ1n) is 11.7. The Kier molecular flexibility index (Phi) is 13.8. The van der Waals surface area contributed by atoms with Crippen LogP contribution in [0.4, 0.5) is 0 Å². The zero-order valence-electron chi connectivity index (χ0n) is 21.7. The molecule has 194 valence electrons. The van der Waals surface area contributed by atoms with Gasteiger partial charge in [0.1, 0.15) is 24.2 Å². The molecule has 4 atom stereocenters. The van der Waals surface area contributed by atoms with E-state index in [4.69, 9.17) is 0 Å². The summed E-state index contributed by atoms with van der Waals surface area (Å²) in [4.78, 5) is 61.1. The topological polar surface area (TPSA) is 143 Å². The van der Waals surface area contributed by atoms with Gasteiger partial charge in [-0.2, -0.15) is 0 Å². The molecule has 4 N–H and O–H groups in total. The highest BCUT2D eigenvalue weighted by molar-refractivity contribution is 5.94. The fourth-order valence-corrected chi connectivity index (χ4v) is 3.00. The zero-order valence-corrected chi connectivity index (χ0v) is 21.7. The minimum absolute atomic E-state index is 0.221. The molecule has 10 nitrogen and oxygen atoms in total. The molecule has 0 saturated carbocycles. The monoisotopic (exact) mass is 482 g/mol. The molecule has 34 heavy (non-hydrogen) atoms. The molecule has 0 radical (unpaired) electrons. The van der Waals surface area contributed by atoms with Crippen LogP contribution in [-0.2, 0) is 28.7 Å². The van der Waals surface area contributed by atoms with Crippen molar-refractivity contribution in [3.63, 3.8) is 0 Å². The van der Waals surface area contributed by atoms with Crippen LogP contribution in [0.15, 0.2) is 12.2 Å². The van der Waals surface area contributed by atoms with Crippen LogP contribution in [0.2, 0.25) is 0 Å². The second kappa shape index (κ2) is 15.1. The molecule has 4 amide bonds. The summed E-state index contributed by atoms with van der Waals surface area (Å²) >= 11 is 0. The predicted molar refractivity (Wildman–Crippen MR) is 129 cm³/mol. The molecule has 4 unspecified atom stereocenters. The summed E-state index contributed by atoms with van der Waals surface area (Å²) in [5, 5.41) is 10.2. The van der Waals surface area contributed by atoms with Gasteiger partial charge < -0.3 is 26.0 Å². The fraction of sp³-hybridized carbons (Fsp3) is 0.708. The van der Waals surface area contributed by atoms with E-state index in [0.29, 0.717) is 0 Å². The minimum Gasteiger partial charge on any atom is -0.467 e. The van der Waals surface area contributed by atoms with Crippen molar-refractivity contribution in [1.29, 1.82) is 0 Å². The molecule has 0 rings (SSSR count). The van der Waals surface area contributed by atoms with Gasteiger partial charge in [0.05, 0.1) is 7.11 Å². The van der Waals surface area contributed by atoms with Gasteiger partial charge >= 0.3 is 5.97 Å². The van der Waals surface area contributed by atoms with E-state index in [9.17, 15) is 24.0 Å². The van der Waals surface area contributed by atoms with Gasteiger partial charge in [-0.1, -0.05) is 46.3 Å². The zero-order chi connectivity index (χ0) is 26.5. The number of carbonyl (C=O) groups is 5. The van der Waals surface area contributed by atoms with Crippen LogP contribution in [0.25, 0.3) is 0 Å². The van der Waals surface area contributed by atoms with Crippen LogP contribution in [0.1, 0.15) is 74.1 Å². The average molecular weight is 483 g/mol. The number of rotatable bonds is 14. The highest BCUT2D eigenvalue weighted by Crippen LogP contribution is 2.22. The number of allylic oxidation sites excluding steroid dienone is 2. The molecular weight excluding hydrogens is 440 g/mol. The Balaban J connectivity index is 4.81. The van der Waals surface area contributed by atoms with Crippen LogP contribution in [-0.4, -0.2) is 60.9 Å². The normalized spacial score (nSPS) is 14.9. The molecule has 0 aromatic rings. The maximum absolute atomic E-state index is 12.6. The smallest absolute Gasteiger partial charge is 0.328 e. The number of amides is 4. The van der Waals surface area contributed by atoms with Gasteiger partial charge in [0.25, 0.3) is 0 Å². The lowest BCUT2D eigenvalue weighted by atomic mass is 9.88. The quantitative estimate of drug-likeness (QED) is 0.217. The Morgan fingerprint density at radius 1 is 0.824 bits per heavy atom. The second-order valence-corrected chi connectivity index (χ2v) is 9.10. The molecule has 0 saturated heterocycles. The first-order chi connectivity index (χ1) is 15.8. The molecule has 0 fully saturated rings. The third-order valence-corrected chi connectivity index (χ3v) is 5.12. The lowest BCUT2D eigenvalue weighted by molar-refractivity contribution is -0.144. The SMILES string of the molecule is CCC/C=C/C(C)(C)CC(=O)NC(C)C(=O)NC(CC)C(=O)NC(C)C(=O)NC(C)C(=O)OC. The minimum atomic E-state index is -0.939. The Morgan fingerprint density at radius 2 is 1.35 bits per heavy atom. The average Bonchev–Trinajstić information content (AvgIpc) is 2.75. The summed E-state index contributed by atoms with van der Waals surface area (Å²) in [6, 6.07) is -3.54. The summed E-state index contributed by atoms with van der Waals surface area (Å²) in [7, 11) is 1.21. The van der Waals surface area contributed by atoms with E-state index in [-0.39, 0.29) is 24.2 Å². The van der Waals surface area contributed by atoms with Crippen molar-refractivity contribution in [2.24, 2.45) is 5.41 Å². The van der Waals surface area contributed by atoms with Crippen molar-refractivity contribution < 1.29 is 28.7 Å². The largest absolute Gasteiger partial charge is 0.467 e. The standard InChI is InChI=1S/C24H42N4O6/c1-9-11-12-13-24(6,7)14-19(29)25-15(3)21(31)28-18(10-2)22(32)26-16(4)20(30)27-17(5)23(33)34-8/h12-13,15-18H,9-11,14H2,1-8H3,(H,25,29)(H,26,32)(H,27,30)(H,28,31)/b13-12+. The van der Waals surface area contributed by atoms with Gasteiger partial charge in [0.15, 0.2) is 0 Å². The number of esters is 1. The second-order valence-electron chi connectivity index (χ2n) is 9.10. The summed E-state index contributed by atoms with van der Waals surface area (Å²) in [5.74, 6) is -2.50. The van der Waals surface area contributed by atoms with E-state index in [1.54, 1.807) is 13.8 Å². The predicted octanol–water partition coefficient (Wildman–Crippen LogP) is 1.34. The number of ether oxygens (including phenoxy) is 1. The molecule has 0 aliphatic carbocycles. The molecule has 0 heterocycles. The van der Waals surface area contributed by atoms with Crippen molar-refractivity contribution >= 4 is 29.6 Å². The molecular formula is C24H42N4O6. The van der Waals surface area contributed by atoms with Gasteiger partial charge in [-0.25, -0.2) is 4.79 Å². The highest BCUT2D eigenvalue weighted by atomic mass is 16.5. The number of hydrogen-bond donors (Lipinski definition) is 4. The lowest BCUT2D eigenvalue weighted by Gasteiger charge is -2.24. The molecule has 0 aliphatic rings. The van der Waals surface area contributed by atoms with E-state index < -0.39 is 47.9 Å². The van der Waals surface area contributed by atoms with Crippen LogP contribution in [0, 0.1) is 5.41 Å². The van der Waals surface area contributed by atoms with E-state index in [1.807, 2.05) is 26.0 Å². The number of hydrogen-bond acceptors (Lipinski definition) is 6. The van der Waals surface area contributed by atoms with Crippen LogP contribution in [0.5, 0.6) is 0 Å². The van der Waals surface area contributed by atoms with Gasteiger partial charge in [0.2, 0.25) is 23.6 Å². The number of unbranched alkanes of at least 4 members (excludes halogenated alkanes) is 1. The lowest BCUT2D eigenvalue weighted by Crippen LogP contribution is -2.56. The number of carbonyl (C=O) groups excluding carboxylic acids is 5. The molecule has 0 aromatic carbocycles. The van der Waals surface area contributed by atoms with Crippen molar-refractivity contribution in [2.45, 2.75) is 98.3 Å². The van der Waals surface area contributed by atoms with Gasteiger partial charge in [-0.15, -0.1) is 0 Å². The molecule has 0 aliphatic heterocycles. The highest BCUT2D eigenvalue weighted by Gasteiger charge is 2.27. The third kappa shape index (κ3) is 11.8. The molecule has 0 bridgehead atoms. The first-order valence-corrected chi connectivity index (χ1v) is 11.7. The van der Waals surface area contributed by atoms with Gasteiger partial charge in [-0.3, -0.25) is 19.2 Å². The molecule has 10 heteroatoms. The Morgan fingerprint density at radius 3 is 1.88 bits per heavy atom. The van der Waals surface area contributed by atoms with Crippen LogP contribution in [0.3, 0.4) is 0 Å². The van der Waals surface area contributed by atoms with E-state index in [2.05, 4.69) is 32.9 Å². The number of methoxy groups -OCH3 is 1. The molecule has 0 spiro atoms. The summed E-state index contributed by atoms with van der Waals surface area (Å²) in [5.41, 5.74) is -0.344. The Labute approximate surface area is 203 Å². The van der Waals surface area contributed by atoms with E-state index in [1.165, 1.54) is 21.0 Å². The summed E-state index contributed by atoms with van der Waals surface area (Å²) in [6.45, 7) is 12.2. The van der Waals surface area contributed by atoms with Gasteiger partial charge in [0, 0.05) is 6.42 Å². The maximum Gasteiger partial charge on any atom is 0.328 e. The fourth-order valence-electron chi connectivity index (χ4n) is 3.00. The van der Waals surface area contributed by atoms with Crippen molar-refractivity contribution in [1.82, 2.24) is 21.3 Å². The third-order valence-electron chi connectivity index (χ3n) is 5.12. The Bertz CT molecular complexity index is 750. The molecule has 0 aromatic heterocycles. The van der Waals surface area contributed by atoms with E-state index in [0.717, 1.165) is 12.8 Å². The van der Waals surface area contributed by atoms with E-state index >= 15 is 0 Å². The first kappa shape index (κ1) is 31.1. The van der Waals surface area contributed by atoms with Crippen LogP contribution >= 0.6 is 0 Å². The van der Waals surface area contributed by atoms with Crippen molar-refractivity contribution in [3.8, 4) is 0 Å². The van der Waals surface area contributed by atoms with Crippen LogP contribution < -0.4 is 21.3 Å². The van der Waals surface area contributed by atoms with Crippen molar-refractivity contribution in [3.05, 3.63) is 12.2 Å². The summed E-state index contributed by atoms with van der Waals surface area (Å²) < 4.78 is 4.55. The number of nitrogens with one attached hydrogen (secondary N) is 4. The van der Waals surface area contributed by atoms with Crippen molar-refractivity contribution in [2.75, 3.05) is 7.11 Å². The maximum atomic E-state index is 12.6. The Hall–Kier alpha value is -2.91.